The zero-order valence-electron chi connectivity index (χ0n) is 34.2. The van der Waals surface area contributed by atoms with Crippen molar-refractivity contribution in [3.63, 3.8) is 0 Å². The van der Waals surface area contributed by atoms with E-state index in [0.29, 0.717) is 35.7 Å². The lowest BCUT2D eigenvalue weighted by Gasteiger charge is -2.29. The molecule has 2 fully saturated rings. The van der Waals surface area contributed by atoms with Crippen LogP contribution in [-0.2, 0) is 19.1 Å². The molecule has 6 heterocycles. The number of imidazole rings is 1. The van der Waals surface area contributed by atoms with Crippen LogP contribution in [0.2, 0.25) is 0 Å². The van der Waals surface area contributed by atoms with Crippen LogP contribution in [0.15, 0.2) is 116 Å². The summed E-state index contributed by atoms with van der Waals surface area (Å²) in [6.07, 6.45) is 5.35. The molecule has 4 N–H and O–H groups in total. The third-order valence-electron chi connectivity index (χ3n) is 11.8. The first-order chi connectivity index (χ1) is 30.3. The van der Waals surface area contributed by atoms with Crippen molar-refractivity contribution in [2.24, 2.45) is 0 Å². The minimum Gasteiger partial charge on any atom is -0.453 e. The molecule has 3 aromatic carbocycles. The van der Waals surface area contributed by atoms with Crippen LogP contribution in [0.1, 0.15) is 72.5 Å². The van der Waals surface area contributed by atoms with Crippen LogP contribution >= 0.6 is 0 Å². The molecule has 4 amide bonds. The first-order valence-corrected chi connectivity index (χ1v) is 20.6. The van der Waals surface area contributed by atoms with Gasteiger partial charge < -0.3 is 39.9 Å². The summed E-state index contributed by atoms with van der Waals surface area (Å²) in [6, 6.07) is 30.3. The summed E-state index contributed by atoms with van der Waals surface area (Å²) in [5.41, 5.74) is 8.12. The maximum Gasteiger partial charge on any atom is 0.407 e. The minimum absolute atomic E-state index is 0.211. The van der Waals surface area contributed by atoms with E-state index in [1.54, 1.807) is 16.0 Å². The smallest absolute Gasteiger partial charge is 0.407 e. The van der Waals surface area contributed by atoms with Crippen molar-refractivity contribution in [3.05, 3.63) is 138 Å². The number of carbonyl (C=O) groups excluding carboxylic acids is 4. The van der Waals surface area contributed by atoms with Crippen molar-refractivity contribution in [1.29, 1.82) is 0 Å². The fourth-order valence-electron chi connectivity index (χ4n) is 8.66. The Morgan fingerprint density at radius 3 is 1.84 bits per heavy atom. The number of ether oxygens (including phenoxy) is 2. The van der Waals surface area contributed by atoms with Crippen molar-refractivity contribution in [3.8, 4) is 22.4 Å². The summed E-state index contributed by atoms with van der Waals surface area (Å²) in [5.74, 6) is 0.198. The van der Waals surface area contributed by atoms with Crippen LogP contribution in [0.3, 0.4) is 0 Å². The second-order valence-corrected chi connectivity index (χ2v) is 15.5. The topological polar surface area (TPSA) is 188 Å². The monoisotopic (exact) mass is 831 g/mol. The van der Waals surface area contributed by atoms with Crippen LogP contribution < -0.4 is 10.6 Å². The van der Waals surface area contributed by atoms with E-state index >= 15 is 0 Å². The zero-order chi connectivity index (χ0) is 42.7. The molecule has 62 heavy (non-hydrogen) atoms. The average Bonchev–Trinajstić information content (AvgIpc) is 4.16. The second-order valence-electron chi connectivity index (χ2n) is 15.5. The van der Waals surface area contributed by atoms with Gasteiger partial charge in [0.25, 0.3) is 5.91 Å². The van der Waals surface area contributed by atoms with Crippen molar-refractivity contribution >= 4 is 46.1 Å². The third kappa shape index (κ3) is 7.91. The Kier molecular flexibility index (Phi) is 11.1. The van der Waals surface area contributed by atoms with E-state index < -0.39 is 24.3 Å². The number of rotatable bonds is 10. The number of H-pyrrole nitrogens is 2. The van der Waals surface area contributed by atoms with Gasteiger partial charge in [-0.25, -0.2) is 19.6 Å². The van der Waals surface area contributed by atoms with Crippen molar-refractivity contribution in [2.75, 3.05) is 27.3 Å². The number of nitrogens with zero attached hydrogens (tertiary/aromatic N) is 5. The lowest BCUT2D eigenvalue weighted by atomic mass is 10.0. The summed E-state index contributed by atoms with van der Waals surface area (Å²) >= 11 is 0. The number of nitrogens with one attached hydrogen (secondary N) is 4. The highest BCUT2D eigenvalue weighted by molar-refractivity contribution is 5.89. The van der Waals surface area contributed by atoms with Gasteiger partial charge in [0.2, 0.25) is 5.91 Å². The molecule has 2 aliphatic rings. The van der Waals surface area contributed by atoms with Gasteiger partial charge in [0, 0.05) is 47.6 Å². The van der Waals surface area contributed by atoms with Gasteiger partial charge in [-0.1, -0.05) is 84.9 Å². The van der Waals surface area contributed by atoms with Crippen molar-refractivity contribution in [1.82, 2.24) is 45.4 Å². The number of pyridine rings is 2. The molecule has 7 aromatic rings. The highest BCUT2D eigenvalue weighted by atomic mass is 16.5. The first-order valence-electron chi connectivity index (χ1n) is 20.6. The molecule has 4 atom stereocenters. The minimum atomic E-state index is -0.905. The SMILES string of the molecule is COC(=O)NC(C(=O)N1CCCC1c1cc2[nH]c(-c3ccc(-c4cnc5nc(C6CCCN6C(=O)C(NC(=O)OC)c6ccccc6)[nH]c5c4)cc3)cc2cn1)c1ccccc1. The molecule has 15 nitrogen and oxygen atoms in total. The summed E-state index contributed by atoms with van der Waals surface area (Å²) < 4.78 is 9.68. The predicted molar refractivity (Wildman–Crippen MR) is 231 cm³/mol. The van der Waals surface area contributed by atoms with Crippen LogP contribution in [0.5, 0.6) is 0 Å². The van der Waals surface area contributed by atoms with Crippen LogP contribution in [0.4, 0.5) is 9.59 Å². The fraction of sp³-hybridized carbons (Fsp3) is 0.255. The van der Waals surface area contributed by atoms with E-state index in [4.69, 9.17) is 19.4 Å². The molecule has 0 aliphatic carbocycles. The Labute approximate surface area is 356 Å². The van der Waals surface area contributed by atoms with Crippen LogP contribution in [-0.4, -0.2) is 86.0 Å². The number of carbonyl (C=O) groups is 4. The lowest BCUT2D eigenvalue weighted by molar-refractivity contribution is -0.135. The standard InChI is InChI=1S/C47H45N9O6/c1-61-46(59)52-40(30-11-5-3-6-12-30)44(57)55-21-9-15-38(55)36-25-35-33(27-48-36)24-34(50-35)29-19-17-28(18-20-29)32-23-37-42(49-26-32)54-43(51-37)39-16-10-22-56(39)45(58)41(53-47(60)62-2)31-13-7-4-8-14-31/h3-8,11-14,17-20,23-27,38-41,50H,9-10,15-16,21-22H2,1-2H3,(H,52,59)(H,53,60)(H,49,51,54). The molecular weight excluding hydrogens is 787 g/mol. The van der Waals surface area contributed by atoms with E-state index in [0.717, 1.165) is 70.2 Å². The van der Waals surface area contributed by atoms with Crippen molar-refractivity contribution in [2.45, 2.75) is 49.9 Å². The fourth-order valence-corrected chi connectivity index (χ4v) is 8.66. The largest absolute Gasteiger partial charge is 0.453 e. The molecule has 15 heteroatoms. The molecule has 0 bridgehead atoms. The van der Waals surface area contributed by atoms with Gasteiger partial charge in [-0.15, -0.1) is 0 Å². The first kappa shape index (κ1) is 39.9. The molecule has 9 rings (SSSR count). The number of benzene rings is 3. The third-order valence-corrected chi connectivity index (χ3v) is 11.8. The van der Waals surface area contributed by atoms with Gasteiger partial charge >= 0.3 is 12.2 Å². The van der Waals surface area contributed by atoms with Crippen molar-refractivity contribution < 1.29 is 28.7 Å². The Bertz CT molecular complexity index is 2650. The molecule has 0 radical (unpaired) electrons. The second kappa shape index (κ2) is 17.2. The predicted octanol–water partition coefficient (Wildman–Crippen LogP) is 7.69. The average molecular weight is 832 g/mol. The van der Waals surface area contributed by atoms with Gasteiger partial charge in [0.1, 0.15) is 17.9 Å². The number of alkyl carbamates (subject to hydrolysis) is 2. The van der Waals surface area contributed by atoms with Gasteiger partial charge in [0.15, 0.2) is 5.65 Å². The number of aromatic nitrogens is 5. The summed E-state index contributed by atoms with van der Waals surface area (Å²) in [4.78, 5) is 77.4. The molecule has 2 saturated heterocycles. The Balaban J connectivity index is 0.910. The molecule has 2 aliphatic heterocycles. The van der Waals surface area contributed by atoms with Crippen LogP contribution in [0, 0.1) is 0 Å². The van der Waals surface area contributed by atoms with E-state index in [-0.39, 0.29) is 23.9 Å². The van der Waals surface area contributed by atoms with E-state index in [1.807, 2.05) is 91.1 Å². The number of fused-ring (bicyclic) bond motifs is 2. The Morgan fingerprint density at radius 1 is 0.645 bits per heavy atom. The normalized spacial score (nSPS) is 17.2. The van der Waals surface area contributed by atoms with Gasteiger partial charge in [-0.2, -0.15) is 0 Å². The summed E-state index contributed by atoms with van der Waals surface area (Å²) in [5, 5.41) is 6.38. The maximum absolute atomic E-state index is 14.0. The number of likely N-dealkylation sites (tertiary alicyclic amines) is 2. The zero-order valence-corrected chi connectivity index (χ0v) is 34.2. The molecular formula is C47H45N9O6. The highest BCUT2D eigenvalue weighted by Gasteiger charge is 2.38. The van der Waals surface area contributed by atoms with Gasteiger partial charge in [-0.3, -0.25) is 14.6 Å². The number of methoxy groups -OCH3 is 2. The number of hydrogen-bond acceptors (Lipinski definition) is 9. The molecule has 0 spiro atoms. The van der Waals surface area contributed by atoms with Gasteiger partial charge in [0.05, 0.1) is 37.5 Å². The molecule has 314 valence electrons. The lowest BCUT2D eigenvalue weighted by Crippen LogP contribution is -2.42. The highest BCUT2D eigenvalue weighted by Crippen LogP contribution is 2.37. The molecule has 4 unspecified atom stereocenters. The number of aromatic amines is 2. The molecule has 4 aromatic heterocycles. The Hall–Kier alpha value is -7.55. The molecule has 0 saturated carbocycles. The van der Waals surface area contributed by atoms with E-state index in [2.05, 4.69) is 43.8 Å². The summed E-state index contributed by atoms with van der Waals surface area (Å²) in [7, 11) is 2.56. The van der Waals surface area contributed by atoms with Gasteiger partial charge in [-0.05, 0) is 66.1 Å². The quantitative estimate of drug-likeness (QED) is 0.107. The Morgan fingerprint density at radius 2 is 1.23 bits per heavy atom. The number of amides is 4. The van der Waals surface area contributed by atoms with E-state index in [1.165, 1.54) is 14.2 Å². The number of hydrogen-bond donors (Lipinski definition) is 4. The maximum atomic E-state index is 14.0. The van der Waals surface area contributed by atoms with E-state index in [9.17, 15) is 19.2 Å². The van der Waals surface area contributed by atoms with Crippen LogP contribution in [0.25, 0.3) is 44.5 Å². The summed E-state index contributed by atoms with van der Waals surface area (Å²) in [6.45, 7) is 1.08.